The van der Waals surface area contributed by atoms with E-state index in [9.17, 15) is 0 Å². The molecule has 0 aromatic heterocycles. The first-order chi connectivity index (χ1) is 9.24. The maximum Gasteiger partial charge on any atom is 0.0234 e. The smallest absolute Gasteiger partial charge is 0.0234 e. The van der Waals surface area contributed by atoms with Crippen molar-refractivity contribution in [1.82, 2.24) is 0 Å². The number of rotatable bonds is 14. The van der Waals surface area contributed by atoms with Crippen molar-refractivity contribution < 1.29 is 0 Å². The van der Waals surface area contributed by atoms with E-state index in [1.165, 1.54) is 57.8 Å². The maximum absolute atomic E-state index is 5.47. The van der Waals surface area contributed by atoms with Crippen molar-refractivity contribution in [3.63, 3.8) is 0 Å². The number of allylic oxidation sites excluding steroid dienone is 3. The monoisotopic (exact) mass is 263 g/mol. The van der Waals surface area contributed by atoms with Gasteiger partial charge >= 0.3 is 0 Å². The molecule has 0 aliphatic rings. The lowest BCUT2D eigenvalue weighted by Crippen LogP contribution is -2.09. The lowest BCUT2D eigenvalue weighted by Gasteiger charge is -2.21. The van der Waals surface area contributed by atoms with Crippen molar-refractivity contribution in [2.45, 2.75) is 64.2 Å². The first-order valence-electron chi connectivity index (χ1n) is 7.85. The van der Waals surface area contributed by atoms with E-state index >= 15 is 0 Å². The van der Waals surface area contributed by atoms with E-state index < -0.39 is 0 Å². The second-order valence-corrected chi connectivity index (χ2v) is 5.45. The van der Waals surface area contributed by atoms with Crippen molar-refractivity contribution in [2.75, 3.05) is 6.54 Å². The minimum Gasteiger partial charge on any atom is -0.330 e. The van der Waals surface area contributed by atoms with Crippen molar-refractivity contribution >= 4 is 0 Å². The van der Waals surface area contributed by atoms with Gasteiger partial charge in [0.2, 0.25) is 0 Å². The minimum absolute atomic E-state index is 0.0533. The van der Waals surface area contributed by atoms with Crippen LogP contribution in [0.5, 0.6) is 0 Å². The highest BCUT2D eigenvalue weighted by atomic mass is 14.5. The van der Waals surface area contributed by atoms with Crippen molar-refractivity contribution in [3.8, 4) is 0 Å². The highest BCUT2D eigenvalue weighted by Gasteiger charge is 2.16. The highest BCUT2D eigenvalue weighted by Crippen LogP contribution is 2.29. The molecule has 19 heavy (non-hydrogen) atoms. The summed E-state index contributed by atoms with van der Waals surface area (Å²) in [7, 11) is 0. The summed E-state index contributed by atoms with van der Waals surface area (Å²) < 4.78 is 0. The summed E-state index contributed by atoms with van der Waals surface area (Å²) in [5.74, 6) is 0. The molecule has 0 amide bonds. The van der Waals surface area contributed by atoms with Crippen LogP contribution in [0.15, 0.2) is 38.0 Å². The molecule has 0 atom stereocenters. The molecule has 0 heterocycles. The van der Waals surface area contributed by atoms with E-state index in [2.05, 4.69) is 19.7 Å². The normalized spacial score (nSPS) is 11.2. The molecule has 0 unspecified atom stereocenters. The van der Waals surface area contributed by atoms with Crippen LogP contribution in [0.1, 0.15) is 64.2 Å². The zero-order chi connectivity index (χ0) is 14.4. The van der Waals surface area contributed by atoms with Crippen LogP contribution in [0.4, 0.5) is 0 Å². The number of nitrogens with two attached hydrogens (primary N) is 1. The Balaban J connectivity index is 3.42. The number of unbranched alkanes of at least 4 members (excludes halogenated alkanes) is 8. The summed E-state index contributed by atoms with van der Waals surface area (Å²) in [6.07, 6.45) is 18.8. The summed E-state index contributed by atoms with van der Waals surface area (Å²) >= 11 is 0. The summed E-state index contributed by atoms with van der Waals surface area (Å²) in [4.78, 5) is 0. The fraction of sp³-hybridized carbons (Fsp3) is 0.667. The quantitative estimate of drug-likeness (QED) is 0.330. The maximum atomic E-state index is 5.47. The summed E-state index contributed by atoms with van der Waals surface area (Å²) in [6.45, 7) is 12.5. The fourth-order valence-corrected chi connectivity index (χ4v) is 2.37. The van der Waals surface area contributed by atoms with E-state index in [0.717, 1.165) is 13.0 Å². The predicted molar refractivity (Wildman–Crippen MR) is 88.2 cm³/mol. The summed E-state index contributed by atoms with van der Waals surface area (Å²) in [6, 6.07) is 0. The molecular formula is C18H33N. The molecule has 0 saturated heterocycles. The van der Waals surface area contributed by atoms with Gasteiger partial charge in [-0.3, -0.25) is 0 Å². The Hall–Kier alpha value is -0.820. The zero-order valence-electron chi connectivity index (χ0n) is 12.7. The minimum atomic E-state index is -0.0533. The van der Waals surface area contributed by atoms with Gasteiger partial charge in [-0.25, -0.2) is 0 Å². The van der Waals surface area contributed by atoms with E-state index in [1.807, 2.05) is 18.2 Å². The van der Waals surface area contributed by atoms with Gasteiger partial charge in [-0.2, -0.15) is 0 Å². The van der Waals surface area contributed by atoms with Gasteiger partial charge in [0.1, 0.15) is 0 Å². The Labute approximate surface area is 120 Å². The van der Waals surface area contributed by atoms with Crippen LogP contribution in [0.3, 0.4) is 0 Å². The molecule has 0 rings (SSSR count). The lowest BCUT2D eigenvalue weighted by atomic mass is 9.83. The van der Waals surface area contributed by atoms with Crippen LogP contribution >= 0.6 is 0 Å². The number of hydrogen-bond donors (Lipinski definition) is 1. The molecule has 0 aromatic carbocycles. The molecule has 0 saturated carbocycles. The van der Waals surface area contributed by atoms with E-state index in [4.69, 9.17) is 5.73 Å². The molecule has 0 spiro atoms. The molecule has 0 aliphatic heterocycles. The van der Waals surface area contributed by atoms with E-state index in [1.54, 1.807) is 0 Å². The van der Waals surface area contributed by atoms with Crippen molar-refractivity contribution in [1.29, 1.82) is 0 Å². The molecule has 0 bridgehead atoms. The second-order valence-electron chi connectivity index (χ2n) is 5.45. The standard InChI is InChI=1S/C18H33N/c1-4-18(5-2,6-3)16-14-12-10-8-7-9-11-13-15-17-19/h4-6H,1-3,7-17,19H2. The van der Waals surface area contributed by atoms with Gasteiger partial charge < -0.3 is 5.73 Å². The largest absolute Gasteiger partial charge is 0.330 e. The van der Waals surface area contributed by atoms with Crippen LogP contribution in [-0.2, 0) is 0 Å². The average Bonchev–Trinajstić information content (AvgIpc) is 2.46. The van der Waals surface area contributed by atoms with Crippen molar-refractivity contribution in [2.24, 2.45) is 11.1 Å². The van der Waals surface area contributed by atoms with Gasteiger partial charge in [0.15, 0.2) is 0 Å². The average molecular weight is 263 g/mol. The Kier molecular flexibility index (Phi) is 11.7. The van der Waals surface area contributed by atoms with Gasteiger partial charge in [-0.05, 0) is 19.4 Å². The summed E-state index contributed by atoms with van der Waals surface area (Å²) in [5.41, 5.74) is 5.42. The first kappa shape index (κ1) is 18.2. The Morgan fingerprint density at radius 2 is 1.00 bits per heavy atom. The van der Waals surface area contributed by atoms with E-state index in [0.29, 0.717) is 0 Å². The Bertz CT molecular complexity index is 220. The van der Waals surface area contributed by atoms with Crippen LogP contribution in [0.25, 0.3) is 0 Å². The summed E-state index contributed by atoms with van der Waals surface area (Å²) in [5, 5.41) is 0. The van der Waals surface area contributed by atoms with Crippen LogP contribution in [-0.4, -0.2) is 6.54 Å². The van der Waals surface area contributed by atoms with Crippen molar-refractivity contribution in [3.05, 3.63) is 38.0 Å². The van der Waals surface area contributed by atoms with Crippen LogP contribution in [0, 0.1) is 5.41 Å². The van der Waals surface area contributed by atoms with Gasteiger partial charge in [0.05, 0.1) is 0 Å². The highest BCUT2D eigenvalue weighted by molar-refractivity contribution is 5.15. The van der Waals surface area contributed by atoms with Gasteiger partial charge in [-0.15, -0.1) is 19.7 Å². The third kappa shape index (κ3) is 8.83. The third-order valence-corrected chi connectivity index (χ3v) is 3.95. The lowest BCUT2D eigenvalue weighted by molar-refractivity contribution is 0.495. The molecule has 0 aliphatic carbocycles. The third-order valence-electron chi connectivity index (χ3n) is 3.95. The molecule has 0 radical (unpaired) electrons. The molecule has 1 nitrogen and oxygen atoms in total. The molecule has 0 aromatic rings. The first-order valence-corrected chi connectivity index (χ1v) is 7.85. The van der Waals surface area contributed by atoms with Crippen LogP contribution < -0.4 is 5.73 Å². The zero-order valence-corrected chi connectivity index (χ0v) is 12.7. The predicted octanol–water partition coefficient (Wildman–Crippen LogP) is 5.39. The van der Waals surface area contributed by atoms with E-state index in [-0.39, 0.29) is 5.41 Å². The van der Waals surface area contributed by atoms with Gasteiger partial charge in [-0.1, -0.05) is 69.6 Å². The Morgan fingerprint density at radius 3 is 1.37 bits per heavy atom. The Morgan fingerprint density at radius 1 is 0.632 bits per heavy atom. The van der Waals surface area contributed by atoms with Gasteiger partial charge in [0, 0.05) is 5.41 Å². The fourth-order valence-electron chi connectivity index (χ4n) is 2.37. The molecule has 0 fully saturated rings. The molecule has 2 N–H and O–H groups in total. The second kappa shape index (κ2) is 12.2. The molecule has 110 valence electrons. The number of hydrogen-bond acceptors (Lipinski definition) is 1. The molecular weight excluding hydrogens is 230 g/mol. The van der Waals surface area contributed by atoms with Crippen LogP contribution in [0.2, 0.25) is 0 Å². The SMILES string of the molecule is C=CC(C=C)(C=C)CCCCCCCCCCCN. The molecule has 1 heteroatoms. The topological polar surface area (TPSA) is 26.0 Å². The van der Waals surface area contributed by atoms with Gasteiger partial charge in [0.25, 0.3) is 0 Å².